The van der Waals surface area contributed by atoms with Crippen LogP contribution in [0.2, 0.25) is 0 Å². The lowest BCUT2D eigenvalue weighted by Gasteiger charge is -2.34. The van der Waals surface area contributed by atoms with Crippen molar-refractivity contribution in [3.8, 4) is 0 Å². The zero-order valence-electron chi connectivity index (χ0n) is 12.7. The molecule has 1 saturated carbocycles. The number of hydrogen-bond acceptors (Lipinski definition) is 2. The molecule has 4 nitrogen and oxygen atoms in total. The lowest BCUT2D eigenvalue weighted by Crippen LogP contribution is -2.51. The van der Waals surface area contributed by atoms with Gasteiger partial charge < -0.3 is 10.0 Å². The second-order valence-electron chi connectivity index (χ2n) is 6.81. The molecular formula is C16H27NO3. The van der Waals surface area contributed by atoms with Gasteiger partial charge in [-0.2, -0.15) is 0 Å². The van der Waals surface area contributed by atoms with Crippen LogP contribution >= 0.6 is 0 Å². The fourth-order valence-electron chi connectivity index (χ4n) is 3.84. The first kappa shape index (κ1) is 15.3. The molecule has 2 atom stereocenters. The molecule has 1 amide bonds. The molecule has 0 aromatic carbocycles. The van der Waals surface area contributed by atoms with Crippen molar-refractivity contribution in [1.29, 1.82) is 0 Å². The Balaban J connectivity index is 1.95. The Bertz CT molecular complexity index is 376. The smallest absolute Gasteiger partial charge is 0.329 e. The molecule has 1 saturated heterocycles. The summed E-state index contributed by atoms with van der Waals surface area (Å²) in [6.45, 7) is 4.44. The summed E-state index contributed by atoms with van der Waals surface area (Å²) >= 11 is 0. The van der Waals surface area contributed by atoms with E-state index >= 15 is 0 Å². The number of carboxylic acid groups (broad SMARTS) is 1. The van der Waals surface area contributed by atoms with Crippen molar-refractivity contribution in [1.82, 2.24) is 4.90 Å². The van der Waals surface area contributed by atoms with Gasteiger partial charge in [0.25, 0.3) is 0 Å². The van der Waals surface area contributed by atoms with E-state index in [0.717, 1.165) is 6.42 Å². The third-order valence-corrected chi connectivity index (χ3v) is 5.35. The lowest BCUT2D eigenvalue weighted by molar-refractivity contribution is -0.155. The van der Waals surface area contributed by atoms with Gasteiger partial charge in [0, 0.05) is 13.0 Å². The van der Waals surface area contributed by atoms with Gasteiger partial charge in [0.1, 0.15) is 5.54 Å². The fourth-order valence-corrected chi connectivity index (χ4v) is 3.84. The summed E-state index contributed by atoms with van der Waals surface area (Å²) < 4.78 is 0. The number of nitrogens with zero attached hydrogens (tertiary/aromatic N) is 1. The first-order valence-electron chi connectivity index (χ1n) is 7.99. The molecule has 2 rings (SSSR count). The lowest BCUT2D eigenvalue weighted by atomic mass is 9.79. The Morgan fingerprint density at radius 2 is 1.90 bits per heavy atom. The molecule has 1 heterocycles. The average molecular weight is 281 g/mol. The highest BCUT2D eigenvalue weighted by molar-refractivity contribution is 5.87. The number of carbonyl (C=O) groups is 2. The largest absolute Gasteiger partial charge is 0.480 e. The van der Waals surface area contributed by atoms with E-state index in [2.05, 4.69) is 6.92 Å². The zero-order valence-corrected chi connectivity index (χ0v) is 12.7. The van der Waals surface area contributed by atoms with Crippen LogP contribution in [0.4, 0.5) is 0 Å². The summed E-state index contributed by atoms with van der Waals surface area (Å²) in [6.07, 6.45) is 8.21. The van der Waals surface area contributed by atoms with Gasteiger partial charge in [0.05, 0.1) is 0 Å². The van der Waals surface area contributed by atoms with Crippen LogP contribution in [0, 0.1) is 11.8 Å². The van der Waals surface area contributed by atoms with Crippen molar-refractivity contribution < 1.29 is 14.7 Å². The highest BCUT2D eigenvalue weighted by Crippen LogP contribution is 2.34. The normalized spacial score (nSPS) is 29.4. The molecule has 2 fully saturated rings. The third-order valence-electron chi connectivity index (χ3n) is 5.35. The summed E-state index contributed by atoms with van der Waals surface area (Å²) in [6, 6.07) is 0. The quantitative estimate of drug-likeness (QED) is 0.861. The zero-order chi connectivity index (χ0) is 14.8. The first-order valence-corrected chi connectivity index (χ1v) is 7.99. The predicted octanol–water partition coefficient (Wildman–Crippen LogP) is 3.06. The van der Waals surface area contributed by atoms with Crippen molar-refractivity contribution in [2.75, 3.05) is 6.54 Å². The predicted molar refractivity (Wildman–Crippen MR) is 77.3 cm³/mol. The summed E-state index contributed by atoms with van der Waals surface area (Å²) in [5, 5.41) is 9.38. The van der Waals surface area contributed by atoms with E-state index in [1.165, 1.54) is 32.1 Å². The summed E-state index contributed by atoms with van der Waals surface area (Å²) in [5.41, 5.74) is -0.983. The molecule has 0 radical (unpaired) electrons. The Morgan fingerprint density at radius 3 is 2.50 bits per heavy atom. The minimum Gasteiger partial charge on any atom is -0.480 e. The third kappa shape index (κ3) is 2.99. The average Bonchev–Trinajstić information content (AvgIpc) is 2.83. The highest BCUT2D eigenvalue weighted by atomic mass is 16.4. The van der Waals surface area contributed by atoms with Gasteiger partial charge in [0.15, 0.2) is 0 Å². The molecule has 1 aliphatic heterocycles. The molecule has 2 unspecified atom stereocenters. The Kier molecular flexibility index (Phi) is 4.71. The van der Waals surface area contributed by atoms with Crippen molar-refractivity contribution in [3.63, 3.8) is 0 Å². The Labute approximate surface area is 121 Å². The van der Waals surface area contributed by atoms with Gasteiger partial charge in [0.2, 0.25) is 5.91 Å². The molecule has 4 heteroatoms. The number of aliphatic carboxylic acids is 1. The highest BCUT2D eigenvalue weighted by Gasteiger charge is 2.46. The van der Waals surface area contributed by atoms with Crippen LogP contribution in [-0.2, 0) is 9.59 Å². The van der Waals surface area contributed by atoms with Gasteiger partial charge in [-0.05, 0) is 31.6 Å². The second-order valence-corrected chi connectivity index (χ2v) is 6.81. The maximum absolute atomic E-state index is 12.5. The van der Waals surface area contributed by atoms with Crippen molar-refractivity contribution >= 4 is 11.9 Å². The fraction of sp³-hybridized carbons (Fsp3) is 0.875. The van der Waals surface area contributed by atoms with E-state index < -0.39 is 11.5 Å². The maximum atomic E-state index is 12.5. The Morgan fingerprint density at radius 1 is 1.25 bits per heavy atom. The van der Waals surface area contributed by atoms with Crippen LogP contribution < -0.4 is 0 Å². The van der Waals surface area contributed by atoms with Crippen molar-refractivity contribution in [2.45, 2.75) is 70.8 Å². The van der Waals surface area contributed by atoms with Crippen molar-refractivity contribution in [3.05, 3.63) is 0 Å². The van der Waals surface area contributed by atoms with E-state index in [9.17, 15) is 14.7 Å². The topological polar surface area (TPSA) is 57.6 Å². The summed E-state index contributed by atoms with van der Waals surface area (Å²) in [4.78, 5) is 25.5. The van der Waals surface area contributed by atoms with Crippen LogP contribution in [0.25, 0.3) is 0 Å². The Hall–Kier alpha value is -1.06. The van der Waals surface area contributed by atoms with E-state index in [1.54, 1.807) is 11.8 Å². The van der Waals surface area contributed by atoms with E-state index in [4.69, 9.17) is 0 Å². The first-order chi connectivity index (χ1) is 9.45. The second kappa shape index (κ2) is 6.15. The molecule has 1 aliphatic carbocycles. The maximum Gasteiger partial charge on any atom is 0.329 e. The molecular weight excluding hydrogens is 254 g/mol. The van der Waals surface area contributed by atoms with Crippen LogP contribution in [0.1, 0.15) is 65.2 Å². The van der Waals surface area contributed by atoms with Gasteiger partial charge in [-0.1, -0.05) is 39.0 Å². The monoisotopic (exact) mass is 281 g/mol. The minimum atomic E-state index is -0.983. The van der Waals surface area contributed by atoms with Crippen LogP contribution in [0.5, 0.6) is 0 Å². The number of hydrogen-bond donors (Lipinski definition) is 1. The van der Waals surface area contributed by atoms with E-state index in [1.807, 2.05) is 0 Å². The van der Waals surface area contributed by atoms with E-state index in [-0.39, 0.29) is 5.91 Å². The standard InChI is InChI=1S/C16H27NO3/c1-12(13-7-4-3-5-8-13)11-14(18)17-10-6-9-16(17,2)15(19)20/h12-13H,3-11H2,1-2H3,(H,19,20). The SMILES string of the molecule is CC(CC(=O)N1CCCC1(C)C(=O)O)C1CCCCC1. The van der Waals surface area contributed by atoms with Crippen molar-refractivity contribution in [2.24, 2.45) is 11.8 Å². The molecule has 0 aromatic heterocycles. The molecule has 1 N–H and O–H groups in total. The van der Waals surface area contributed by atoms with Gasteiger partial charge >= 0.3 is 5.97 Å². The number of likely N-dealkylation sites (tertiary alicyclic amines) is 1. The summed E-state index contributed by atoms with van der Waals surface area (Å²) in [5.74, 6) is 0.187. The number of carbonyl (C=O) groups excluding carboxylic acids is 1. The van der Waals surface area contributed by atoms with Crippen LogP contribution in [-0.4, -0.2) is 34.0 Å². The van der Waals surface area contributed by atoms with Gasteiger partial charge in [-0.3, -0.25) is 4.79 Å². The number of rotatable bonds is 4. The molecule has 114 valence electrons. The molecule has 0 spiro atoms. The minimum absolute atomic E-state index is 0.0328. The van der Waals surface area contributed by atoms with Crippen LogP contribution in [0.15, 0.2) is 0 Å². The molecule has 2 aliphatic rings. The van der Waals surface area contributed by atoms with E-state index in [0.29, 0.717) is 31.2 Å². The van der Waals surface area contributed by atoms with Gasteiger partial charge in [-0.25, -0.2) is 4.79 Å². The summed E-state index contributed by atoms with van der Waals surface area (Å²) in [7, 11) is 0. The molecule has 0 bridgehead atoms. The van der Waals surface area contributed by atoms with Crippen LogP contribution in [0.3, 0.4) is 0 Å². The molecule has 0 aromatic rings. The number of amides is 1. The number of carboxylic acids is 1. The molecule has 20 heavy (non-hydrogen) atoms. The van der Waals surface area contributed by atoms with Gasteiger partial charge in [-0.15, -0.1) is 0 Å².